The van der Waals surface area contributed by atoms with Crippen molar-refractivity contribution in [3.63, 3.8) is 0 Å². The fourth-order valence-corrected chi connectivity index (χ4v) is 1.61. The number of methoxy groups -OCH3 is 1. The Morgan fingerprint density at radius 3 is 2.62 bits per heavy atom. The van der Waals surface area contributed by atoms with Gasteiger partial charge >= 0.3 is 0 Å². The Labute approximate surface area is 123 Å². The van der Waals surface area contributed by atoms with Crippen LogP contribution >= 0.6 is 0 Å². The van der Waals surface area contributed by atoms with E-state index in [1.807, 2.05) is 0 Å². The van der Waals surface area contributed by atoms with Crippen LogP contribution in [-0.4, -0.2) is 25.5 Å². The number of benzene rings is 1. The minimum atomic E-state index is -0.729. The zero-order chi connectivity index (χ0) is 16.0. The smallest absolute Gasteiger partial charge is 0.247 e. The van der Waals surface area contributed by atoms with Crippen LogP contribution in [0.15, 0.2) is 30.9 Å². The summed E-state index contributed by atoms with van der Waals surface area (Å²) in [6.07, 6.45) is 1.03. The number of amides is 2. The van der Waals surface area contributed by atoms with Crippen molar-refractivity contribution in [2.75, 3.05) is 24.4 Å². The first-order chi connectivity index (χ1) is 9.80. The van der Waals surface area contributed by atoms with Gasteiger partial charge in [-0.05, 0) is 38.1 Å². The molecule has 1 aromatic rings. The highest BCUT2D eigenvalue weighted by atomic mass is 19.1. The van der Waals surface area contributed by atoms with Crippen molar-refractivity contribution in [2.24, 2.45) is 5.41 Å². The molecule has 0 aromatic heterocycles. The first-order valence-corrected chi connectivity index (χ1v) is 6.33. The van der Waals surface area contributed by atoms with E-state index in [4.69, 9.17) is 4.74 Å². The zero-order valence-corrected chi connectivity index (χ0v) is 12.3. The van der Waals surface area contributed by atoms with Crippen molar-refractivity contribution < 1.29 is 18.7 Å². The standard InChI is InChI=1S/C15H19FN2O3/c1-5-13(19)18-12-8-10(6-7-11(12)16)17-14(20)15(2,3)9-21-4/h5-8H,1,9H2,2-4H3,(H,17,20)(H,18,19). The van der Waals surface area contributed by atoms with Crippen LogP contribution in [0.3, 0.4) is 0 Å². The summed E-state index contributed by atoms with van der Waals surface area (Å²) in [7, 11) is 1.51. The van der Waals surface area contributed by atoms with Crippen LogP contribution in [0.5, 0.6) is 0 Å². The van der Waals surface area contributed by atoms with E-state index in [-0.39, 0.29) is 18.2 Å². The van der Waals surface area contributed by atoms with E-state index in [1.54, 1.807) is 13.8 Å². The summed E-state index contributed by atoms with van der Waals surface area (Å²) >= 11 is 0. The summed E-state index contributed by atoms with van der Waals surface area (Å²) < 4.78 is 18.6. The fraction of sp³-hybridized carbons (Fsp3) is 0.333. The Hall–Kier alpha value is -2.21. The first-order valence-electron chi connectivity index (χ1n) is 6.33. The lowest BCUT2D eigenvalue weighted by Gasteiger charge is -2.22. The average Bonchev–Trinajstić information content (AvgIpc) is 2.42. The molecule has 5 nitrogen and oxygen atoms in total. The van der Waals surface area contributed by atoms with Crippen LogP contribution in [0, 0.1) is 11.2 Å². The van der Waals surface area contributed by atoms with E-state index in [9.17, 15) is 14.0 Å². The maximum absolute atomic E-state index is 13.6. The van der Waals surface area contributed by atoms with Crippen LogP contribution in [0.1, 0.15) is 13.8 Å². The van der Waals surface area contributed by atoms with E-state index in [1.165, 1.54) is 19.2 Å². The normalized spacial score (nSPS) is 10.9. The molecule has 0 aliphatic carbocycles. The minimum absolute atomic E-state index is 0.0257. The summed E-state index contributed by atoms with van der Waals surface area (Å²) in [5, 5.41) is 4.99. The molecule has 1 rings (SSSR count). The van der Waals surface area contributed by atoms with Gasteiger partial charge in [0.05, 0.1) is 17.7 Å². The second-order valence-electron chi connectivity index (χ2n) is 5.16. The monoisotopic (exact) mass is 294 g/mol. The molecule has 0 saturated carbocycles. The minimum Gasteiger partial charge on any atom is -0.384 e. The van der Waals surface area contributed by atoms with Gasteiger partial charge in [-0.15, -0.1) is 0 Å². The molecule has 1 aromatic carbocycles. The number of rotatable bonds is 6. The molecule has 2 amide bonds. The van der Waals surface area contributed by atoms with E-state index in [0.717, 1.165) is 12.1 Å². The molecular formula is C15H19FN2O3. The summed E-state index contributed by atoms with van der Waals surface area (Å²) in [6, 6.07) is 3.93. The van der Waals surface area contributed by atoms with Crippen molar-refractivity contribution in [1.82, 2.24) is 0 Å². The number of halogens is 1. The Morgan fingerprint density at radius 2 is 2.05 bits per heavy atom. The van der Waals surface area contributed by atoms with E-state index < -0.39 is 17.1 Å². The second kappa shape index (κ2) is 6.99. The summed E-state index contributed by atoms with van der Waals surface area (Å²) in [4.78, 5) is 23.3. The molecule has 0 bridgehead atoms. The first kappa shape index (κ1) is 16.8. The third-order valence-corrected chi connectivity index (χ3v) is 2.79. The van der Waals surface area contributed by atoms with Gasteiger partial charge in [0, 0.05) is 12.8 Å². The predicted octanol–water partition coefficient (Wildman–Crippen LogP) is 2.56. The molecule has 0 aliphatic rings. The molecule has 21 heavy (non-hydrogen) atoms. The van der Waals surface area contributed by atoms with Gasteiger partial charge in [0.15, 0.2) is 0 Å². The van der Waals surface area contributed by atoms with Crippen molar-refractivity contribution >= 4 is 23.2 Å². The number of carbonyl (C=O) groups excluding carboxylic acids is 2. The van der Waals surface area contributed by atoms with Crippen molar-refractivity contribution in [3.8, 4) is 0 Å². The molecule has 0 fully saturated rings. The van der Waals surface area contributed by atoms with Gasteiger partial charge in [-0.1, -0.05) is 6.58 Å². The number of hydrogen-bond acceptors (Lipinski definition) is 3. The lowest BCUT2D eigenvalue weighted by molar-refractivity contribution is -0.126. The van der Waals surface area contributed by atoms with Crippen LogP contribution in [0.25, 0.3) is 0 Å². The number of anilines is 2. The highest BCUT2D eigenvalue weighted by molar-refractivity contribution is 6.00. The number of carbonyl (C=O) groups is 2. The van der Waals surface area contributed by atoms with Gasteiger partial charge in [0.1, 0.15) is 5.82 Å². The topological polar surface area (TPSA) is 67.4 Å². The highest BCUT2D eigenvalue weighted by Crippen LogP contribution is 2.23. The SMILES string of the molecule is C=CC(=O)Nc1cc(NC(=O)C(C)(C)COC)ccc1F. The largest absolute Gasteiger partial charge is 0.384 e. The molecule has 0 radical (unpaired) electrons. The predicted molar refractivity (Wildman–Crippen MR) is 79.5 cm³/mol. The Balaban J connectivity index is 2.90. The summed E-state index contributed by atoms with van der Waals surface area (Å²) in [5.74, 6) is -1.40. The maximum atomic E-state index is 13.6. The molecule has 0 atom stereocenters. The van der Waals surface area contributed by atoms with E-state index in [0.29, 0.717) is 5.69 Å². The molecule has 0 heterocycles. The zero-order valence-electron chi connectivity index (χ0n) is 12.3. The molecule has 0 aliphatic heterocycles. The van der Waals surface area contributed by atoms with Crippen LogP contribution in [0.4, 0.5) is 15.8 Å². The fourth-order valence-electron chi connectivity index (χ4n) is 1.61. The number of hydrogen-bond donors (Lipinski definition) is 2. The van der Waals surface area contributed by atoms with E-state index in [2.05, 4.69) is 17.2 Å². The van der Waals surface area contributed by atoms with Crippen molar-refractivity contribution in [2.45, 2.75) is 13.8 Å². The van der Waals surface area contributed by atoms with Gasteiger partial charge in [-0.2, -0.15) is 0 Å². The third-order valence-electron chi connectivity index (χ3n) is 2.79. The van der Waals surface area contributed by atoms with Crippen molar-refractivity contribution in [1.29, 1.82) is 0 Å². The van der Waals surface area contributed by atoms with Crippen LogP contribution in [-0.2, 0) is 14.3 Å². The van der Waals surface area contributed by atoms with Gasteiger partial charge in [-0.25, -0.2) is 4.39 Å². The number of nitrogens with one attached hydrogen (secondary N) is 2. The summed E-state index contributed by atoms with van der Waals surface area (Å²) in [6.45, 7) is 7.01. The molecule has 0 unspecified atom stereocenters. The number of ether oxygens (including phenoxy) is 1. The molecule has 0 saturated heterocycles. The Kier molecular flexibility index (Phi) is 5.60. The van der Waals surface area contributed by atoms with Gasteiger partial charge < -0.3 is 15.4 Å². The van der Waals surface area contributed by atoms with Crippen molar-refractivity contribution in [3.05, 3.63) is 36.7 Å². The molecule has 0 spiro atoms. The van der Waals surface area contributed by atoms with Gasteiger partial charge in [0.2, 0.25) is 11.8 Å². The molecule has 2 N–H and O–H groups in total. The second-order valence-corrected chi connectivity index (χ2v) is 5.16. The molecular weight excluding hydrogens is 275 g/mol. The van der Waals surface area contributed by atoms with Gasteiger partial charge in [-0.3, -0.25) is 9.59 Å². The molecule has 6 heteroatoms. The maximum Gasteiger partial charge on any atom is 0.247 e. The Bertz CT molecular complexity index is 556. The van der Waals surface area contributed by atoms with E-state index >= 15 is 0 Å². The van der Waals surface area contributed by atoms with Crippen LogP contribution < -0.4 is 10.6 Å². The lowest BCUT2D eigenvalue weighted by Crippen LogP contribution is -2.34. The van der Waals surface area contributed by atoms with Crippen LogP contribution in [0.2, 0.25) is 0 Å². The molecule has 114 valence electrons. The lowest BCUT2D eigenvalue weighted by atomic mass is 9.93. The van der Waals surface area contributed by atoms with Gasteiger partial charge in [0.25, 0.3) is 0 Å². The highest BCUT2D eigenvalue weighted by Gasteiger charge is 2.27. The summed E-state index contributed by atoms with van der Waals surface area (Å²) in [5.41, 5.74) is -0.375. The third kappa shape index (κ3) is 4.68. The Morgan fingerprint density at radius 1 is 1.38 bits per heavy atom. The average molecular weight is 294 g/mol. The quantitative estimate of drug-likeness (QED) is 0.792.